The van der Waals surface area contributed by atoms with Gasteiger partial charge in [0.05, 0.1) is 6.04 Å². The van der Waals surface area contributed by atoms with Crippen LogP contribution in [0.1, 0.15) is 43.5 Å². The van der Waals surface area contributed by atoms with Crippen molar-refractivity contribution in [2.45, 2.75) is 40.2 Å². The highest BCUT2D eigenvalue weighted by Crippen LogP contribution is 2.24. The van der Waals surface area contributed by atoms with Gasteiger partial charge in [-0.25, -0.2) is 0 Å². The molecule has 2 rings (SSSR count). The third-order valence-corrected chi connectivity index (χ3v) is 4.32. The van der Waals surface area contributed by atoms with Crippen molar-refractivity contribution in [3.05, 3.63) is 65.2 Å². The van der Waals surface area contributed by atoms with Crippen molar-refractivity contribution in [3.8, 4) is 0 Å². The Morgan fingerprint density at radius 2 is 1.70 bits per heavy atom. The topological polar surface area (TPSA) is 24.1 Å². The first-order chi connectivity index (χ1) is 11.0. The van der Waals surface area contributed by atoms with Gasteiger partial charge in [-0.15, -0.1) is 0 Å². The lowest BCUT2D eigenvalue weighted by Gasteiger charge is -2.26. The van der Waals surface area contributed by atoms with E-state index in [4.69, 9.17) is 12.2 Å². The van der Waals surface area contributed by atoms with Crippen molar-refractivity contribution in [1.82, 2.24) is 5.32 Å². The van der Waals surface area contributed by atoms with E-state index in [9.17, 15) is 0 Å². The molecule has 0 aliphatic heterocycles. The lowest BCUT2D eigenvalue weighted by molar-refractivity contribution is 0.471. The first-order valence-electron chi connectivity index (χ1n) is 8.23. The smallest absolute Gasteiger partial charge is 0.171 e. The maximum atomic E-state index is 5.51. The molecule has 0 amide bonds. The highest BCUT2D eigenvalue weighted by molar-refractivity contribution is 7.80. The van der Waals surface area contributed by atoms with Crippen LogP contribution in [0.4, 0.5) is 5.69 Å². The van der Waals surface area contributed by atoms with Crippen molar-refractivity contribution in [1.29, 1.82) is 0 Å². The van der Waals surface area contributed by atoms with E-state index in [2.05, 4.69) is 86.9 Å². The van der Waals surface area contributed by atoms with Gasteiger partial charge in [0.2, 0.25) is 0 Å². The molecule has 2 N–H and O–H groups in total. The number of benzene rings is 2. The van der Waals surface area contributed by atoms with E-state index >= 15 is 0 Å². The number of anilines is 1. The van der Waals surface area contributed by atoms with Crippen molar-refractivity contribution < 1.29 is 0 Å². The molecule has 1 unspecified atom stereocenters. The highest BCUT2D eigenvalue weighted by Gasteiger charge is 2.18. The van der Waals surface area contributed by atoms with Gasteiger partial charge in [0, 0.05) is 5.69 Å². The van der Waals surface area contributed by atoms with E-state index in [0.717, 1.165) is 12.1 Å². The lowest BCUT2D eigenvalue weighted by atomic mass is 9.93. The molecule has 0 radical (unpaired) electrons. The minimum Gasteiger partial charge on any atom is -0.355 e. The summed E-state index contributed by atoms with van der Waals surface area (Å²) in [5.41, 5.74) is 4.93. The summed E-state index contributed by atoms with van der Waals surface area (Å²) in [4.78, 5) is 0. The molecule has 0 saturated carbocycles. The quantitative estimate of drug-likeness (QED) is 0.735. The Hall–Kier alpha value is -1.87. The Morgan fingerprint density at radius 3 is 2.26 bits per heavy atom. The molecule has 0 saturated heterocycles. The summed E-state index contributed by atoms with van der Waals surface area (Å²) in [6.45, 7) is 8.72. The van der Waals surface area contributed by atoms with Gasteiger partial charge in [-0.2, -0.15) is 0 Å². The van der Waals surface area contributed by atoms with Gasteiger partial charge >= 0.3 is 0 Å². The number of hydrogen-bond acceptors (Lipinski definition) is 1. The summed E-state index contributed by atoms with van der Waals surface area (Å²) in [5, 5.41) is 7.42. The molecule has 2 aromatic rings. The van der Waals surface area contributed by atoms with Gasteiger partial charge in [0.25, 0.3) is 0 Å². The Kier molecular flexibility index (Phi) is 6.17. The summed E-state index contributed by atoms with van der Waals surface area (Å²) < 4.78 is 0. The number of hydrogen-bond donors (Lipinski definition) is 2. The fourth-order valence-electron chi connectivity index (χ4n) is 2.67. The molecule has 2 aromatic carbocycles. The molecule has 0 spiro atoms. The zero-order valence-corrected chi connectivity index (χ0v) is 15.2. The van der Waals surface area contributed by atoms with Crippen LogP contribution < -0.4 is 10.6 Å². The van der Waals surface area contributed by atoms with E-state index < -0.39 is 0 Å². The Bertz CT molecular complexity index is 647. The number of aryl methyl sites for hydroxylation is 2. The Morgan fingerprint density at radius 1 is 1.04 bits per heavy atom. The highest BCUT2D eigenvalue weighted by atomic mass is 32.1. The molecule has 0 aromatic heterocycles. The predicted molar refractivity (Wildman–Crippen MR) is 104 cm³/mol. The molecule has 23 heavy (non-hydrogen) atoms. The van der Waals surface area contributed by atoms with E-state index in [0.29, 0.717) is 11.0 Å². The largest absolute Gasteiger partial charge is 0.355 e. The maximum Gasteiger partial charge on any atom is 0.171 e. The van der Waals surface area contributed by atoms with E-state index in [1.54, 1.807) is 0 Å². The van der Waals surface area contributed by atoms with Crippen molar-refractivity contribution in [2.24, 2.45) is 5.92 Å². The van der Waals surface area contributed by atoms with Gasteiger partial charge in [0.1, 0.15) is 0 Å². The van der Waals surface area contributed by atoms with Gasteiger partial charge in [-0.05, 0) is 60.3 Å². The minimum atomic E-state index is 0.200. The molecule has 0 fully saturated rings. The summed E-state index contributed by atoms with van der Waals surface area (Å²) in [6, 6.07) is 17.1. The zero-order valence-electron chi connectivity index (χ0n) is 14.4. The Balaban J connectivity index is 2.07. The fraction of sp³-hybridized carbons (Fsp3) is 0.350. The molecule has 3 heteroatoms. The predicted octanol–water partition coefficient (Wildman–Crippen LogP) is 5.24. The Labute approximate surface area is 145 Å². The van der Waals surface area contributed by atoms with Crippen LogP contribution >= 0.6 is 12.2 Å². The fourth-order valence-corrected chi connectivity index (χ4v) is 2.92. The second-order valence-corrected chi connectivity index (χ2v) is 6.64. The maximum absolute atomic E-state index is 5.51. The first kappa shape index (κ1) is 17.5. The average Bonchev–Trinajstić information content (AvgIpc) is 2.54. The molecular formula is C20H26N2S. The molecule has 1 atom stereocenters. The molecule has 0 bridgehead atoms. The normalized spacial score (nSPS) is 12.0. The summed E-state index contributed by atoms with van der Waals surface area (Å²) in [6.07, 6.45) is 1.05. The second kappa shape index (κ2) is 8.11. The van der Waals surface area contributed by atoms with Crippen molar-refractivity contribution >= 4 is 23.0 Å². The first-order valence-corrected chi connectivity index (χ1v) is 8.64. The van der Waals surface area contributed by atoms with Crippen LogP contribution in [0.3, 0.4) is 0 Å². The van der Waals surface area contributed by atoms with Crippen molar-refractivity contribution in [2.75, 3.05) is 5.32 Å². The number of rotatable bonds is 5. The third kappa shape index (κ3) is 4.80. The van der Waals surface area contributed by atoms with E-state index in [-0.39, 0.29) is 6.04 Å². The molecule has 0 aliphatic carbocycles. The number of nitrogens with one attached hydrogen (secondary N) is 2. The third-order valence-electron chi connectivity index (χ3n) is 4.10. The lowest BCUT2D eigenvalue weighted by Crippen LogP contribution is -2.35. The van der Waals surface area contributed by atoms with Crippen molar-refractivity contribution in [3.63, 3.8) is 0 Å². The summed E-state index contributed by atoms with van der Waals surface area (Å²) >= 11 is 5.51. The summed E-state index contributed by atoms with van der Waals surface area (Å²) in [5.74, 6) is 0.443. The SMILES string of the molecule is CCc1ccc(NC(=S)NC(c2ccccc2C)C(C)C)cc1. The van der Waals surface area contributed by atoms with Crippen LogP contribution in [0.5, 0.6) is 0 Å². The van der Waals surface area contributed by atoms with Crippen LogP contribution in [-0.2, 0) is 6.42 Å². The zero-order chi connectivity index (χ0) is 16.8. The van der Waals surface area contributed by atoms with Gasteiger partial charge in [0.15, 0.2) is 5.11 Å². The average molecular weight is 327 g/mol. The van der Waals surface area contributed by atoms with Gasteiger partial charge < -0.3 is 10.6 Å². The van der Waals surface area contributed by atoms with Gasteiger partial charge in [-0.3, -0.25) is 0 Å². The van der Waals surface area contributed by atoms with Gasteiger partial charge in [-0.1, -0.05) is 57.2 Å². The van der Waals surface area contributed by atoms with Crippen LogP contribution in [0.15, 0.2) is 48.5 Å². The molecule has 0 heterocycles. The van der Waals surface area contributed by atoms with Crippen LogP contribution in [0, 0.1) is 12.8 Å². The number of thiocarbonyl (C=S) groups is 1. The van der Waals surface area contributed by atoms with Crippen LogP contribution in [0.25, 0.3) is 0 Å². The second-order valence-electron chi connectivity index (χ2n) is 6.23. The standard InChI is InChI=1S/C20H26N2S/c1-5-16-10-12-17(13-11-16)21-20(23)22-19(14(2)3)18-9-7-6-8-15(18)4/h6-14,19H,5H2,1-4H3,(H2,21,22,23). The minimum absolute atomic E-state index is 0.200. The molecule has 122 valence electrons. The summed E-state index contributed by atoms with van der Waals surface area (Å²) in [7, 11) is 0. The molecule has 2 nitrogen and oxygen atoms in total. The van der Waals surface area contributed by atoms with E-state index in [1.165, 1.54) is 16.7 Å². The van der Waals surface area contributed by atoms with Crippen LogP contribution in [-0.4, -0.2) is 5.11 Å². The monoisotopic (exact) mass is 326 g/mol. The molecule has 0 aliphatic rings. The van der Waals surface area contributed by atoms with E-state index in [1.807, 2.05) is 0 Å². The molecular weight excluding hydrogens is 300 g/mol. The van der Waals surface area contributed by atoms with Crippen LogP contribution in [0.2, 0.25) is 0 Å².